The molecule has 0 fully saturated rings. The third-order valence-electron chi connectivity index (χ3n) is 2.98. The average molecular weight is 359 g/mol. The highest BCUT2D eigenvalue weighted by atomic mass is 79.9. The zero-order valence-corrected chi connectivity index (χ0v) is 13.6. The van der Waals surface area contributed by atoms with Crippen molar-refractivity contribution in [3.8, 4) is 0 Å². The monoisotopic (exact) mass is 357 g/mol. The molecule has 0 heterocycles. The number of nitrogens with one attached hydrogen (secondary N) is 1. The molecule has 0 saturated carbocycles. The molecule has 0 aliphatic rings. The second kappa shape index (κ2) is 6.76. The van der Waals surface area contributed by atoms with Crippen LogP contribution in [0.5, 0.6) is 0 Å². The largest absolute Gasteiger partial charge is 0.306 e. The molecule has 1 N–H and O–H groups in total. The zero-order chi connectivity index (χ0) is 13.8. The molecule has 19 heavy (non-hydrogen) atoms. The maximum Gasteiger partial charge on any atom is 0.0637 e. The van der Waals surface area contributed by atoms with Gasteiger partial charge < -0.3 is 5.32 Å². The average Bonchev–Trinajstić information content (AvgIpc) is 2.40. The smallest absolute Gasteiger partial charge is 0.0637 e. The highest BCUT2D eigenvalue weighted by Gasteiger charge is 2.08. The van der Waals surface area contributed by atoms with Gasteiger partial charge in [0.15, 0.2) is 0 Å². The van der Waals surface area contributed by atoms with Crippen molar-refractivity contribution in [1.29, 1.82) is 0 Å². The van der Waals surface area contributed by atoms with E-state index in [0.717, 1.165) is 10.0 Å². The Morgan fingerprint density at radius 2 is 1.89 bits per heavy atom. The van der Waals surface area contributed by atoms with Crippen LogP contribution in [0.2, 0.25) is 10.0 Å². The molecule has 2 aromatic rings. The number of rotatable bonds is 4. The van der Waals surface area contributed by atoms with Gasteiger partial charge in [-0.2, -0.15) is 0 Å². The first-order valence-electron chi connectivity index (χ1n) is 5.99. The predicted molar refractivity (Wildman–Crippen MR) is 85.9 cm³/mol. The zero-order valence-electron chi connectivity index (χ0n) is 10.5. The molecule has 0 unspecified atom stereocenters. The number of hydrogen-bond acceptors (Lipinski definition) is 1. The molecule has 0 aliphatic carbocycles. The molecule has 0 spiro atoms. The molecule has 0 saturated heterocycles. The van der Waals surface area contributed by atoms with Crippen LogP contribution in [0.4, 0.5) is 0 Å². The molecule has 4 heteroatoms. The Kier molecular flexibility index (Phi) is 5.28. The van der Waals surface area contributed by atoms with E-state index in [-0.39, 0.29) is 6.04 Å². The Labute approximate surface area is 132 Å². The lowest BCUT2D eigenvalue weighted by molar-refractivity contribution is 0.574. The summed E-state index contributed by atoms with van der Waals surface area (Å²) < 4.78 is 1.08. The van der Waals surface area contributed by atoms with E-state index >= 15 is 0 Å². The molecule has 2 aromatic carbocycles. The van der Waals surface area contributed by atoms with E-state index in [4.69, 9.17) is 23.2 Å². The van der Waals surface area contributed by atoms with E-state index in [1.165, 1.54) is 5.56 Å². The van der Waals surface area contributed by atoms with Crippen LogP contribution in [0.15, 0.2) is 46.9 Å². The van der Waals surface area contributed by atoms with Crippen LogP contribution in [0.25, 0.3) is 0 Å². The summed E-state index contributed by atoms with van der Waals surface area (Å²) >= 11 is 15.7. The van der Waals surface area contributed by atoms with Gasteiger partial charge in [-0.3, -0.25) is 0 Å². The topological polar surface area (TPSA) is 12.0 Å². The molecule has 1 atom stereocenters. The Bertz CT molecular complexity index is 572. The highest BCUT2D eigenvalue weighted by molar-refractivity contribution is 9.10. The molecule has 0 radical (unpaired) electrons. The van der Waals surface area contributed by atoms with E-state index < -0.39 is 0 Å². The molecule has 0 aromatic heterocycles. The van der Waals surface area contributed by atoms with E-state index in [1.54, 1.807) is 6.07 Å². The Balaban J connectivity index is 2.04. The molecule has 1 nitrogen and oxygen atoms in total. The van der Waals surface area contributed by atoms with Gasteiger partial charge >= 0.3 is 0 Å². The van der Waals surface area contributed by atoms with Gasteiger partial charge in [0.1, 0.15) is 0 Å². The number of halogens is 3. The van der Waals surface area contributed by atoms with Crippen molar-refractivity contribution >= 4 is 39.1 Å². The number of benzene rings is 2. The van der Waals surface area contributed by atoms with Gasteiger partial charge in [0.25, 0.3) is 0 Å². The second-order valence-corrected chi connectivity index (χ2v) is 6.07. The van der Waals surface area contributed by atoms with Crippen molar-refractivity contribution in [2.24, 2.45) is 0 Å². The van der Waals surface area contributed by atoms with Crippen molar-refractivity contribution in [3.05, 3.63) is 68.1 Å². The van der Waals surface area contributed by atoms with Gasteiger partial charge in [0.05, 0.1) is 10.0 Å². The number of hydrogen-bond donors (Lipinski definition) is 1. The minimum atomic E-state index is 0.243. The first kappa shape index (κ1) is 14.9. The molecule has 0 amide bonds. The minimum Gasteiger partial charge on any atom is -0.306 e. The maximum absolute atomic E-state index is 6.17. The van der Waals surface area contributed by atoms with E-state index in [2.05, 4.69) is 40.3 Å². The predicted octanol–water partition coefficient (Wildman–Crippen LogP) is 5.61. The molecule has 2 rings (SSSR count). The van der Waals surface area contributed by atoms with Crippen LogP contribution in [0, 0.1) is 0 Å². The van der Waals surface area contributed by atoms with Crippen molar-refractivity contribution in [3.63, 3.8) is 0 Å². The fourth-order valence-electron chi connectivity index (χ4n) is 1.84. The van der Waals surface area contributed by atoms with Gasteiger partial charge in [-0.1, -0.05) is 63.4 Å². The lowest BCUT2D eigenvalue weighted by Crippen LogP contribution is -2.18. The summed E-state index contributed by atoms with van der Waals surface area (Å²) in [4.78, 5) is 0. The Morgan fingerprint density at radius 3 is 2.63 bits per heavy atom. The lowest BCUT2D eigenvalue weighted by Gasteiger charge is -2.15. The summed E-state index contributed by atoms with van der Waals surface area (Å²) in [5.41, 5.74) is 2.24. The summed E-state index contributed by atoms with van der Waals surface area (Å²) in [6.07, 6.45) is 0. The van der Waals surface area contributed by atoms with Gasteiger partial charge in [-0.15, -0.1) is 0 Å². The lowest BCUT2D eigenvalue weighted by atomic mass is 10.1. The molecule has 100 valence electrons. The maximum atomic E-state index is 6.17. The molecular formula is C15H14BrCl2N. The fourth-order valence-corrected chi connectivity index (χ4v) is 2.65. The van der Waals surface area contributed by atoms with Gasteiger partial charge in [0.2, 0.25) is 0 Å². The second-order valence-electron chi connectivity index (χ2n) is 4.37. The molecule has 0 aliphatic heterocycles. The van der Waals surface area contributed by atoms with E-state index in [1.807, 2.05) is 24.3 Å². The van der Waals surface area contributed by atoms with Crippen LogP contribution in [-0.4, -0.2) is 0 Å². The minimum absolute atomic E-state index is 0.243. The Hall–Kier alpha value is -0.540. The summed E-state index contributed by atoms with van der Waals surface area (Å²) in [5.74, 6) is 0. The SMILES string of the molecule is C[C@H](NCc1cccc(Cl)c1Cl)c1cccc(Br)c1. The van der Waals surface area contributed by atoms with Crippen LogP contribution in [0.3, 0.4) is 0 Å². The first-order chi connectivity index (χ1) is 9.08. The standard InChI is InChI=1S/C15H14BrCl2N/c1-10(11-4-2-6-13(16)8-11)19-9-12-5-3-7-14(17)15(12)18/h2-8,10,19H,9H2,1H3/t10-/m0/s1. The molecule has 0 bridgehead atoms. The Morgan fingerprint density at radius 1 is 1.16 bits per heavy atom. The summed E-state index contributed by atoms with van der Waals surface area (Å²) in [6.45, 7) is 2.81. The van der Waals surface area contributed by atoms with Gasteiger partial charge in [0, 0.05) is 17.1 Å². The van der Waals surface area contributed by atoms with Crippen molar-refractivity contribution < 1.29 is 0 Å². The highest BCUT2D eigenvalue weighted by Crippen LogP contribution is 2.26. The van der Waals surface area contributed by atoms with Crippen molar-refractivity contribution in [2.75, 3.05) is 0 Å². The van der Waals surface area contributed by atoms with Crippen LogP contribution in [0.1, 0.15) is 24.1 Å². The fraction of sp³-hybridized carbons (Fsp3) is 0.200. The van der Waals surface area contributed by atoms with Crippen LogP contribution in [-0.2, 0) is 6.54 Å². The summed E-state index contributed by atoms with van der Waals surface area (Å²) in [7, 11) is 0. The molecular weight excluding hydrogens is 345 g/mol. The van der Waals surface area contributed by atoms with Crippen LogP contribution >= 0.6 is 39.1 Å². The van der Waals surface area contributed by atoms with Crippen LogP contribution < -0.4 is 5.32 Å². The third kappa shape index (κ3) is 3.96. The normalized spacial score (nSPS) is 12.4. The summed E-state index contributed by atoms with van der Waals surface area (Å²) in [5, 5.41) is 4.66. The van der Waals surface area contributed by atoms with Crippen molar-refractivity contribution in [2.45, 2.75) is 19.5 Å². The van der Waals surface area contributed by atoms with Gasteiger partial charge in [-0.25, -0.2) is 0 Å². The van der Waals surface area contributed by atoms with Gasteiger partial charge in [-0.05, 0) is 36.2 Å². The quantitative estimate of drug-likeness (QED) is 0.749. The third-order valence-corrected chi connectivity index (χ3v) is 4.33. The van der Waals surface area contributed by atoms with E-state index in [9.17, 15) is 0 Å². The van der Waals surface area contributed by atoms with Crippen molar-refractivity contribution in [1.82, 2.24) is 5.32 Å². The summed E-state index contributed by atoms with van der Waals surface area (Å²) in [6, 6.07) is 14.2. The first-order valence-corrected chi connectivity index (χ1v) is 7.54. The van der Waals surface area contributed by atoms with E-state index in [0.29, 0.717) is 16.6 Å².